The van der Waals surface area contributed by atoms with Crippen LogP contribution in [0.1, 0.15) is 31.5 Å². The average Bonchev–Trinajstić information content (AvgIpc) is 2.84. The molecule has 0 bridgehead atoms. The van der Waals surface area contributed by atoms with Crippen molar-refractivity contribution >= 4 is 11.5 Å². The van der Waals surface area contributed by atoms with Crippen molar-refractivity contribution in [3.63, 3.8) is 0 Å². The first kappa shape index (κ1) is 14.0. The van der Waals surface area contributed by atoms with Gasteiger partial charge in [-0.25, -0.2) is 0 Å². The molecule has 1 unspecified atom stereocenters. The molecule has 0 spiro atoms. The fourth-order valence-electron chi connectivity index (χ4n) is 2.88. The maximum absolute atomic E-state index is 4.42. The van der Waals surface area contributed by atoms with Crippen molar-refractivity contribution in [2.45, 2.75) is 39.3 Å². The van der Waals surface area contributed by atoms with Gasteiger partial charge in [0.1, 0.15) is 0 Å². The Morgan fingerprint density at radius 1 is 1.19 bits per heavy atom. The van der Waals surface area contributed by atoms with Crippen LogP contribution in [0.15, 0.2) is 36.4 Å². The summed E-state index contributed by atoms with van der Waals surface area (Å²) in [5.41, 5.74) is 3.64. The molecule has 0 amide bonds. The number of hydrogen-bond donors (Lipinski definition) is 1. The standard InChI is InChI=1S/C17H22N4/c1-3-10-18-12-15-8-9-17(20-19-15)21-13(2)11-14-6-4-5-7-16(14)21/h4-9,13,18H,3,10-12H2,1-2H3. The number of rotatable bonds is 5. The zero-order valence-corrected chi connectivity index (χ0v) is 12.7. The third-order valence-electron chi connectivity index (χ3n) is 3.89. The SMILES string of the molecule is CCCNCc1ccc(N2c3ccccc3CC2C)nn1. The molecule has 4 heteroatoms. The maximum atomic E-state index is 4.42. The van der Waals surface area contributed by atoms with Crippen LogP contribution >= 0.6 is 0 Å². The highest BCUT2D eigenvalue weighted by Gasteiger charge is 2.27. The lowest BCUT2D eigenvalue weighted by Gasteiger charge is -2.23. The van der Waals surface area contributed by atoms with E-state index in [1.54, 1.807) is 0 Å². The Balaban J connectivity index is 1.78. The van der Waals surface area contributed by atoms with Crippen molar-refractivity contribution in [2.75, 3.05) is 11.4 Å². The van der Waals surface area contributed by atoms with E-state index in [4.69, 9.17) is 0 Å². The van der Waals surface area contributed by atoms with Crippen LogP contribution in [0, 0.1) is 0 Å². The summed E-state index contributed by atoms with van der Waals surface area (Å²) in [7, 11) is 0. The van der Waals surface area contributed by atoms with E-state index in [1.807, 2.05) is 0 Å². The third kappa shape index (κ3) is 2.90. The summed E-state index contributed by atoms with van der Waals surface area (Å²) in [4.78, 5) is 2.28. The topological polar surface area (TPSA) is 41.0 Å². The summed E-state index contributed by atoms with van der Waals surface area (Å²) in [6, 6.07) is 13.1. The van der Waals surface area contributed by atoms with Crippen molar-refractivity contribution < 1.29 is 0 Å². The highest BCUT2D eigenvalue weighted by atomic mass is 15.3. The second-order valence-corrected chi connectivity index (χ2v) is 5.61. The van der Waals surface area contributed by atoms with E-state index in [2.05, 4.69) is 70.7 Å². The van der Waals surface area contributed by atoms with Gasteiger partial charge in [0.2, 0.25) is 0 Å². The van der Waals surface area contributed by atoms with Crippen LogP contribution in [0.25, 0.3) is 0 Å². The first-order chi connectivity index (χ1) is 10.3. The average molecular weight is 282 g/mol. The van der Waals surface area contributed by atoms with Crippen LogP contribution < -0.4 is 10.2 Å². The second kappa shape index (κ2) is 6.22. The minimum absolute atomic E-state index is 0.431. The number of hydrogen-bond acceptors (Lipinski definition) is 4. The highest BCUT2D eigenvalue weighted by molar-refractivity contribution is 5.68. The van der Waals surface area contributed by atoms with Gasteiger partial charge in [0, 0.05) is 18.3 Å². The van der Waals surface area contributed by atoms with Crippen LogP contribution in [0.4, 0.5) is 11.5 Å². The summed E-state index contributed by atoms with van der Waals surface area (Å²) in [5.74, 6) is 0.937. The lowest BCUT2D eigenvalue weighted by molar-refractivity contribution is 0.654. The predicted molar refractivity (Wildman–Crippen MR) is 85.8 cm³/mol. The van der Waals surface area contributed by atoms with Crippen LogP contribution in [-0.2, 0) is 13.0 Å². The fraction of sp³-hybridized carbons (Fsp3) is 0.412. The van der Waals surface area contributed by atoms with E-state index >= 15 is 0 Å². The number of nitrogens with zero attached hydrogens (tertiary/aromatic N) is 3. The van der Waals surface area contributed by atoms with Gasteiger partial charge in [-0.3, -0.25) is 0 Å². The molecule has 110 valence electrons. The van der Waals surface area contributed by atoms with E-state index in [0.29, 0.717) is 6.04 Å². The Bertz CT molecular complexity index is 594. The second-order valence-electron chi connectivity index (χ2n) is 5.61. The van der Waals surface area contributed by atoms with E-state index < -0.39 is 0 Å². The molecule has 0 saturated heterocycles. The molecule has 0 fully saturated rings. The number of nitrogens with one attached hydrogen (secondary N) is 1. The third-order valence-corrected chi connectivity index (χ3v) is 3.89. The minimum Gasteiger partial charge on any atom is -0.321 e. The molecule has 1 aliphatic rings. The van der Waals surface area contributed by atoms with Crippen molar-refractivity contribution in [1.29, 1.82) is 0 Å². The summed E-state index contributed by atoms with van der Waals surface area (Å²) >= 11 is 0. The molecule has 1 aliphatic heterocycles. The normalized spacial score (nSPS) is 17.0. The van der Waals surface area contributed by atoms with E-state index in [-0.39, 0.29) is 0 Å². The van der Waals surface area contributed by atoms with Crippen LogP contribution in [0.5, 0.6) is 0 Å². The lowest BCUT2D eigenvalue weighted by Crippen LogP contribution is -2.25. The van der Waals surface area contributed by atoms with Gasteiger partial charge in [0.05, 0.1) is 5.69 Å². The van der Waals surface area contributed by atoms with Gasteiger partial charge >= 0.3 is 0 Å². The molecule has 4 nitrogen and oxygen atoms in total. The van der Waals surface area contributed by atoms with Gasteiger partial charge in [0.15, 0.2) is 5.82 Å². The van der Waals surface area contributed by atoms with Gasteiger partial charge in [0.25, 0.3) is 0 Å². The Kier molecular flexibility index (Phi) is 4.15. The van der Waals surface area contributed by atoms with Gasteiger partial charge in [-0.2, -0.15) is 5.10 Å². The molecule has 1 N–H and O–H groups in total. The van der Waals surface area contributed by atoms with Crippen molar-refractivity contribution in [1.82, 2.24) is 15.5 Å². The van der Waals surface area contributed by atoms with Crippen molar-refractivity contribution in [2.24, 2.45) is 0 Å². The quantitative estimate of drug-likeness (QED) is 0.856. The summed E-state index contributed by atoms with van der Waals surface area (Å²) in [6.07, 6.45) is 2.20. The molecule has 0 aliphatic carbocycles. The molecule has 0 saturated carbocycles. The number of anilines is 2. The van der Waals surface area contributed by atoms with E-state index in [1.165, 1.54) is 11.3 Å². The molecule has 21 heavy (non-hydrogen) atoms. The minimum atomic E-state index is 0.431. The Morgan fingerprint density at radius 2 is 2.05 bits per heavy atom. The van der Waals surface area contributed by atoms with Crippen LogP contribution in [-0.4, -0.2) is 22.8 Å². The van der Waals surface area contributed by atoms with Gasteiger partial charge in [-0.1, -0.05) is 25.1 Å². The Hall–Kier alpha value is -1.94. The molecular weight excluding hydrogens is 260 g/mol. The summed E-state index contributed by atoms with van der Waals surface area (Å²) < 4.78 is 0. The number of aromatic nitrogens is 2. The molecule has 2 aromatic rings. The van der Waals surface area contributed by atoms with Crippen LogP contribution in [0.3, 0.4) is 0 Å². The number of para-hydroxylation sites is 1. The molecule has 2 heterocycles. The zero-order chi connectivity index (χ0) is 14.7. The summed E-state index contributed by atoms with van der Waals surface area (Å²) in [6.45, 7) is 6.19. The first-order valence-corrected chi connectivity index (χ1v) is 7.70. The Morgan fingerprint density at radius 3 is 2.81 bits per heavy atom. The molecule has 1 aromatic heterocycles. The molecule has 3 rings (SSSR count). The van der Waals surface area contributed by atoms with Crippen molar-refractivity contribution in [3.8, 4) is 0 Å². The van der Waals surface area contributed by atoms with Gasteiger partial charge in [-0.05, 0) is 50.1 Å². The molecule has 0 radical (unpaired) electrons. The Labute approximate surface area is 126 Å². The van der Waals surface area contributed by atoms with Crippen LogP contribution in [0.2, 0.25) is 0 Å². The van der Waals surface area contributed by atoms with Gasteiger partial charge < -0.3 is 10.2 Å². The molecule has 1 atom stereocenters. The largest absolute Gasteiger partial charge is 0.321 e. The molecular formula is C17H22N4. The number of fused-ring (bicyclic) bond motifs is 1. The first-order valence-electron chi connectivity index (χ1n) is 7.70. The monoisotopic (exact) mass is 282 g/mol. The predicted octanol–water partition coefficient (Wildman–Crippen LogP) is 3.06. The summed E-state index contributed by atoms with van der Waals surface area (Å²) in [5, 5.41) is 12.1. The highest BCUT2D eigenvalue weighted by Crippen LogP contribution is 2.36. The number of benzene rings is 1. The van der Waals surface area contributed by atoms with Crippen molar-refractivity contribution in [3.05, 3.63) is 47.7 Å². The molecule has 1 aromatic carbocycles. The maximum Gasteiger partial charge on any atom is 0.155 e. The fourth-order valence-corrected chi connectivity index (χ4v) is 2.88. The van der Waals surface area contributed by atoms with E-state index in [0.717, 1.165) is 37.4 Å². The van der Waals surface area contributed by atoms with E-state index in [9.17, 15) is 0 Å². The zero-order valence-electron chi connectivity index (χ0n) is 12.7. The lowest BCUT2D eigenvalue weighted by atomic mass is 10.1. The smallest absolute Gasteiger partial charge is 0.155 e. The van der Waals surface area contributed by atoms with Gasteiger partial charge in [-0.15, -0.1) is 5.10 Å².